The molecule has 4 nitrogen and oxygen atoms in total. The molecule has 0 bridgehead atoms. The summed E-state index contributed by atoms with van der Waals surface area (Å²) in [6.45, 7) is 1.69. The lowest BCUT2D eigenvalue weighted by atomic mass is 9.70. The number of ether oxygens (including phenoxy) is 1. The molecule has 0 aromatic heterocycles. The Morgan fingerprint density at radius 1 is 1.62 bits per heavy atom. The first-order valence-corrected chi connectivity index (χ1v) is 4.53. The van der Waals surface area contributed by atoms with Crippen LogP contribution in [0.2, 0.25) is 0 Å². The van der Waals surface area contributed by atoms with Gasteiger partial charge in [-0.15, -0.1) is 0 Å². The highest BCUT2D eigenvalue weighted by Gasteiger charge is 2.48. The molecule has 1 rings (SSSR count). The number of hydrogen-bond acceptors (Lipinski definition) is 3. The van der Waals surface area contributed by atoms with E-state index in [9.17, 15) is 9.90 Å². The molecule has 0 aromatic rings. The van der Waals surface area contributed by atoms with Crippen LogP contribution in [0.1, 0.15) is 26.2 Å². The van der Waals surface area contributed by atoms with Crippen LogP contribution < -0.4 is 0 Å². The van der Waals surface area contributed by atoms with Gasteiger partial charge in [0.2, 0.25) is 0 Å². The molecule has 1 aliphatic rings. The molecule has 0 amide bonds. The van der Waals surface area contributed by atoms with Gasteiger partial charge >= 0.3 is 5.97 Å². The summed E-state index contributed by atoms with van der Waals surface area (Å²) >= 11 is 0. The molecule has 2 N–H and O–H groups in total. The van der Waals surface area contributed by atoms with Crippen LogP contribution in [-0.4, -0.2) is 35.0 Å². The van der Waals surface area contributed by atoms with Crippen molar-refractivity contribution in [2.24, 2.45) is 5.92 Å². The number of hydrogen-bond donors (Lipinski definition) is 2. The van der Waals surface area contributed by atoms with Gasteiger partial charge in [0.15, 0.2) is 5.60 Å². The summed E-state index contributed by atoms with van der Waals surface area (Å²) in [5.74, 6) is -1.27. The molecule has 1 saturated carbocycles. The predicted octanol–water partition coefficient (Wildman–Crippen LogP) is 0.637. The Bertz CT molecular complexity index is 198. The van der Waals surface area contributed by atoms with E-state index in [-0.39, 0.29) is 18.4 Å². The summed E-state index contributed by atoms with van der Waals surface area (Å²) in [7, 11) is 1.60. The van der Waals surface area contributed by atoms with Gasteiger partial charge in [-0.1, -0.05) is 6.92 Å². The maximum Gasteiger partial charge on any atom is 0.335 e. The van der Waals surface area contributed by atoms with Gasteiger partial charge < -0.3 is 14.9 Å². The topological polar surface area (TPSA) is 66.8 Å². The van der Waals surface area contributed by atoms with E-state index in [1.165, 1.54) is 0 Å². The predicted molar refractivity (Wildman–Crippen MR) is 46.4 cm³/mol. The second kappa shape index (κ2) is 3.64. The van der Waals surface area contributed by atoms with Gasteiger partial charge in [0.1, 0.15) is 0 Å². The zero-order valence-corrected chi connectivity index (χ0v) is 7.99. The second-order valence-corrected chi connectivity index (χ2v) is 3.61. The third-order valence-electron chi connectivity index (χ3n) is 3.01. The highest BCUT2D eigenvalue weighted by Crippen LogP contribution is 2.39. The SMILES string of the molecule is CCC(O)(C(=O)O)C1CC(OC)C1. The second-order valence-electron chi connectivity index (χ2n) is 3.61. The number of carboxylic acid groups (broad SMARTS) is 1. The van der Waals surface area contributed by atoms with E-state index >= 15 is 0 Å². The Balaban J connectivity index is 2.55. The number of rotatable bonds is 4. The van der Waals surface area contributed by atoms with Gasteiger partial charge in [-0.2, -0.15) is 0 Å². The van der Waals surface area contributed by atoms with Crippen molar-refractivity contribution in [2.75, 3.05) is 7.11 Å². The summed E-state index contributed by atoms with van der Waals surface area (Å²) in [6.07, 6.45) is 1.67. The Morgan fingerprint density at radius 2 is 2.15 bits per heavy atom. The van der Waals surface area contributed by atoms with E-state index in [4.69, 9.17) is 9.84 Å². The lowest BCUT2D eigenvalue weighted by Crippen LogP contribution is -2.52. The van der Waals surface area contributed by atoms with Crippen molar-refractivity contribution < 1.29 is 19.7 Å². The van der Waals surface area contributed by atoms with Crippen LogP contribution in [0.25, 0.3) is 0 Å². The van der Waals surface area contributed by atoms with Crippen molar-refractivity contribution in [1.29, 1.82) is 0 Å². The zero-order valence-electron chi connectivity index (χ0n) is 7.99. The van der Waals surface area contributed by atoms with Gasteiger partial charge in [-0.3, -0.25) is 0 Å². The summed E-state index contributed by atoms with van der Waals surface area (Å²) < 4.78 is 5.03. The molecular formula is C9H16O4. The van der Waals surface area contributed by atoms with Gasteiger partial charge in [0, 0.05) is 13.0 Å². The maximum atomic E-state index is 10.8. The lowest BCUT2D eigenvalue weighted by molar-refractivity contribution is -0.177. The van der Waals surface area contributed by atoms with Gasteiger partial charge in [-0.05, 0) is 19.3 Å². The molecule has 13 heavy (non-hydrogen) atoms. The minimum Gasteiger partial charge on any atom is -0.479 e. The quantitative estimate of drug-likeness (QED) is 0.679. The molecule has 76 valence electrons. The highest BCUT2D eigenvalue weighted by molar-refractivity contribution is 5.77. The van der Waals surface area contributed by atoms with Crippen LogP contribution in [0.3, 0.4) is 0 Å². The van der Waals surface area contributed by atoms with E-state index in [2.05, 4.69) is 0 Å². The molecule has 1 aliphatic carbocycles. The van der Waals surface area contributed by atoms with Gasteiger partial charge in [0.05, 0.1) is 6.10 Å². The van der Waals surface area contributed by atoms with E-state index in [0.29, 0.717) is 12.8 Å². The molecule has 4 heteroatoms. The Morgan fingerprint density at radius 3 is 2.46 bits per heavy atom. The van der Waals surface area contributed by atoms with Crippen LogP contribution in [0.15, 0.2) is 0 Å². The minimum absolute atomic E-state index is 0.127. The monoisotopic (exact) mass is 188 g/mol. The van der Waals surface area contributed by atoms with Crippen LogP contribution in [0, 0.1) is 5.92 Å². The number of carboxylic acids is 1. The summed E-state index contributed by atoms with van der Waals surface area (Å²) in [6, 6.07) is 0. The average Bonchev–Trinajstić information content (AvgIpc) is 2.01. The van der Waals surface area contributed by atoms with Crippen molar-refractivity contribution in [3.05, 3.63) is 0 Å². The van der Waals surface area contributed by atoms with Gasteiger partial charge in [0.25, 0.3) is 0 Å². The Kier molecular flexibility index (Phi) is 2.93. The fourth-order valence-corrected chi connectivity index (χ4v) is 1.76. The third kappa shape index (κ3) is 1.69. The molecule has 1 atom stereocenters. The fraction of sp³-hybridized carbons (Fsp3) is 0.889. The summed E-state index contributed by atoms with van der Waals surface area (Å²) in [5, 5.41) is 18.6. The van der Waals surface area contributed by atoms with Crippen LogP contribution >= 0.6 is 0 Å². The first-order valence-electron chi connectivity index (χ1n) is 4.53. The Labute approximate surface area is 77.5 Å². The van der Waals surface area contributed by atoms with Crippen molar-refractivity contribution in [1.82, 2.24) is 0 Å². The third-order valence-corrected chi connectivity index (χ3v) is 3.01. The molecular weight excluding hydrogens is 172 g/mol. The summed E-state index contributed by atoms with van der Waals surface area (Å²) in [4.78, 5) is 10.8. The zero-order chi connectivity index (χ0) is 10.1. The van der Waals surface area contributed by atoms with Crippen LogP contribution in [0.5, 0.6) is 0 Å². The van der Waals surface area contributed by atoms with Crippen molar-refractivity contribution in [3.63, 3.8) is 0 Å². The normalized spacial score (nSPS) is 31.9. The molecule has 0 radical (unpaired) electrons. The molecule has 0 heterocycles. The molecule has 0 aromatic carbocycles. The lowest BCUT2D eigenvalue weighted by Gasteiger charge is -2.42. The highest BCUT2D eigenvalue weighted by atomic mass is 16.5. The molecule has 0 saturated heterocycles. The molecule has 0 spiro atoms. The van der Waals surface area contributed by atoms with E-state index < -0.39 is 11.6 Å². The smallest absolute Gasteiger partial charge is 0.335 e. The number of methoxy groups -OCH3 is 1. The average molecular weight is 188 g/mol. The fourth-order valence-electron chi connectivity index (χ4n) is 1.76. The molecule has 0 aliphatic heterocycles. The number of aliphatic hydroxyl groups is 1. The number of carbonyl (C=O) groups is 1. The first-order chi connectivity index (χ1) is 6.04. The Hall–Kier alpha value is -0.610. The first kappa shape index (κ1) is 10.5. The van der Waals surface area contributed by atoms with Crippen molar-refractivity contribution in [2.45, 2.75) is 37.9 Å². The van der Waals surface area contributed by atoms with Gasteiger partial charge in [-0.25, -0.2) is 4.79 Å². The molecule has 1 unspecified atom stereocenters. The minimum atomic E-state index is -1.55. The molecule has 1 fully saturated rings. The van der Waals surface area contributed by atoms with Crippen molar-refractivity contribution >= 4 is 5.97 Å². The largest absolute Gasteiger partial charge is 0.479 e. The van der Waals surface area contributed by atoms with Crippen LogP contribution in [-0.2, 0) is 9.53 Å². The van der Waals surface area contributed by atoms with E-state index in [1.807, 2.05) is 0 Å². The summed E-state index contributed by atoms with van der Waals surface area (Å²) in [5.41, 5.74) is -1.55. The van der Waals surface area contributed by atoms with E-state index in [0.717, 1.165) is 0 Å². The maximum absolute atomic E-state index is 10.8. The van der Waals surface area contributed by atoms with E-state index in [1.54, 1.807) is 14.0 Å². The van der Waals surface area contributed by atoms with Crippen molar-refractivity contribution in [3.8, 4) is 0 Å². The standard InChI is InChI=1S/C9H16O4/c1-3-9(12,8(10)11)6-4-7(5-6)13-2/h6-7,12H,3-5H2,1-2H3,(H,10,11). The van der Waals surface area contributed by atoms with Crippen LogP contribution in [0.4, 0.5) is 0 Å². The number of aliphatic carboxylic acids is 1.